The van der Waals surface area contributed by atoms with Crippen LogP contribution in [0.15, 0.2) is 40.2 Å². The molecular formula is C23H27N3O3S. The van der Waals surface area contributed by atoms with Gasteiger partial charge in [-0.25, -0.2) is 0 Å². The van der Waals surface area contributed by atoms with E-state index in [0.717, 1.165) is 42.1 Å². The summed E-state index contributed by atoms with van der Waals surface area (Å²) in [4.78, 5) is 19.9. The van der Waals surface area contributed by atoms with Crippen molar-refractivity contribution < 1.29 is 14.1 Å². The Morgan fingerprint density at radius 3 is 2.87 bits per heavy atom. The molecule has 0 saturated carbocycles. The minimum Gasteiger partial charge on any atom is -0.490 e. The maximum absolute atomic E-state index is 12.6. The standard InChI is InChI=1S/C23H27N3O3S/c1-16-8-9-17(2)19(15-16)28-18-10-12-26(13-11-18)22(27)7-3-6-21-24-23(25-29-21)20-5-4-14-30-20/h4-5,8-9,14-15,18H,3,6-7,10-13H2,1-2H3. The molecule has 0 unspecified atom stereocenters. The molecule has 0 N–H and O–H groups in total. The third kappa shape index (κ3) is 5.08. The van der Waals surface area contributed by atoms with E-state index >= 15 is 0 Å². The van der Waals surface area contributed by atoms with Crippen LogP contribution in [0.4, 0.5) is 0 Å². The highest BCUT2D eigenvalue weighted by Crippen LogP contribution is 2.25. The summed E-state index contributed by atoms with van der Waals surface area (Å²) in [5.41, 5.74) is 2.36. The Morgan fingerprint density at radius 1 is 1.27 bits per heavy atom. The molecule has 6 nitrogen and oxygen atoms in total. The highest BCUT2D eigenvalue weighted by molar-refractivity contribution is 7.13. The van der Waals surface area contributed by atoms with Crippen molar-refractivity contribution in [2.45, 2.75) is 52.1 Å². The molecule has 0 bridgehead atoms. The minimum absolute atomic E-state index is 0.170. The van der Waals surface area contributed by atoms with E-state index in [1.165, 1.54) is 5.56 Å². The van der Waals surface area contributed by atoms with Crippen LogP contribution in [-0.2, 0) is 11.2 Å². The molecule has 3 aromatic rings. The smallest absolute Gasteiger partial charge is 0.226 e. The Kier molecular flexibility index (Phi) is 6.47. The fraction of sp³-hybridized carbons (Fsp3) is 0.435. The van der Waals surface area contributed by atoms with Crippen molar-refractivity contribution in [1.29, 1.82) is 0 Å². The van der Waals surface area contributed by atoms with Gasteiger partial charge in [0.25, 0.3) is 0 Å². The second kappa shape index (κ2) is 9.43. The summed E-state index contributed by atoms with van der Waals surface area (Å²) >= 11 is 1.58. The number of piperidine rings is 1. The third-order valence-electron chi connectivity index (χ3n) is 5.42. The average molecular weight is 426 g/mol. The summed E-state index contributed by atoms with van der Waals surface area (Å²) in [6.45, 7) is 5.64. The molecule has 30 heavy (non-hydrogen) atoms. The Hall–Kier alpha value is -2.67. The van der Waals surface area contributed by atoms with E-state index in [0.29, 0.717) is 31.0 Å². The molecule has 0 spiro atoms. The monoisotopic (exact) mass is 425 g/mol. The molecule has 1 aromatic carbocycles. The van der Waals surface area contributed by atoms with Gasteiger partial charge in [0, 0.05) is 38.8 Å². The lowest BCUT2D eigenvalue weighted by Crippen LogP contribution is -2.41. The number of carbonyl (C=O) groups is 1. The van der Waals surface area contributed by atoms with E-state index in [1.807, 2.05) is 22.4 Å². The van der Waals surface area contributed by atoms with Crippen molar-refractivity contribution in [3.05, 3.63) is 52.7 Å². The van der Waals surface area contributed by atoms with Crippen molar-refractivity contribution in [2.24, 2.45) is 0 Å². The molecule has 1 fully saturated rings. The van der Waals surface area contributed by atoms with Crippen LogP contribution in [0, 0.1) is 13.8 Å². The number of rotatable bonds is 7. The van der Waals surface area contributed by atoms with Crippen LogP contribution in [0.1, 0.15) is 42.7 Å². The highest BCUT2D eigenvalue weighted by Gasteiger charge is 2.24. The summed E-state index contributed by atoms with van der Waals surface area (Å²) in [6, 6.07) is 10.2. The predicted molar refractivity (Wildman–Crippen MR) is 117 cm³/mol. The molecule has 2 aromatic heterocycles. The first kappa shape index (κ1) is 20.6. The quantitative estimate of drug-likeness (QED) is 0.543. The van der Waals surface area contributed by atoms with Gasteiger partial charge in [-0.05, 0) is 48.9 Å². The second-order valence-electron chi connectivity index (χ2n) is 7.81. The number of aromatic nitrogens is 2. The lowest BCUT2D eigenvalue weighted by atomic mass is 10.1. The lowest BCUT2D eigenvalue weighted by molar-refractivity contribution is -0.133. The Bertz CT molecular complexity index is 976. The fourth-order valence-corrected chi connectivity index (χ4v) is 4.30. The molecule has 1 amide bonds. The zero-order valence-electron chi connectivity index (χ0n) is 17.5. The molecular weight excluding hydrogens is 398 g/mol. The maximum Gasteiger partial charge on any atom is 0.226 e. The number of likely N-dealkylation sites (tertiary alicyclic amines) is 1. The van der Waals surface area contributed by atoms with Crippen LogP contribution in [0.3, 0.4) is 0 Å². The number of aryl methyl sites for hydroxylation is 3. The van der Waals surface area contributed by atoms with Gasteiger partial charge >= 0.3 is 0 Å². The fourth-order valence-electron chi connectivity index (χ4n) is 3.65. The molecule has 3 heterocycles. The largest absolute Gasteiger partial charge is 0.490 e. The average Bonchev–Trinajstić information content (AvgIpc) is 3.43. The van der Waals surface area contributed by atoms with Crippen molar-refractivity contribution >= 4 is 17.2 Å². The summed E-state index contributed by atoms with van der Waals surface area (Å²) in [5.74, 6) is 2.36. The van der Waals surface area contributed by atoms with Gasteiger partial charge in [0.15, 0.2) is 0 Å². The Labute approximate surface area is 180 Å². The summed E-state index contributed by atoms with van der Waals surface area (Å²) in [5, 5.41) is 6.00. The normalized spacial score (nSPS) is 14.8. The second-order valence-corrected chi connectivity index (χ2v) is 8.76. The van der Waals surface area contributed by atoms with Crippen molar-refractivity contribution in [1.82, 2.24) is 15.0 Å². The molecule has 0 atom stereocenters. The van der Waals surface area contributed by atoms with E-state index in [2.05, 4.69) is 42.2 Å². The van der Waals surface area contributed by atoms with E-state index in [-0.39, 0.29) is 12.0 Å². The number of amides is 1. The van der Waals surface area contributed by atoms with Gasteiger partial charge in [-0.2, -0.15) is 4.98 Å². The van der Waals surface area contributed by atoms with Crippen LogP contribution in [0.2, 0.25) is 0 Å². The summed E-state index contributed by atoms with van der Waals surface area (Å²) < 4.78 is 11.5. The molecule has 7 heteroatoms. The van der Waals surface area contributed by atoms with Gasteiger partial charge in [0.05, 0.1) is 4.88 Å². The molecule has 0 aliphatic carbocycles. The van der Waals surface area contributed by atoms with E-state index in [1.54, 1.807) is 11.3 Å². The molecule has 1 aliphatic heterocycles. The van der Waals surface area contributed by atoms with E-state index in [4.69, 9.17) is 9.26 Å². The summed E-state index contributed by atoms with van der Waals surface area (Å²) in [6.07, 6.45) is 3.74. The summed E-state index contributed by atoms with van der Waals surface area (Å²) in [7, 11) is 0. The minimum atomic E-state index is 0.170. The molecule has 158 valence electrons. The van der Waals surface area contributed by atoms with Gasteiger partial charge < -0.3 is 14.2 Å². The zero-order chi connectivity index (χ0) is 20.9. The first-order valence-electron chi connectivity index (χ1n) is 10.5. The van der Waals surface area contributed by atoms with E-state index < -0.39 is 0 Å². The topological polar surface area (TPSA) is 68.5 Å². The van der Waals surface area contributed by atoms with Crippen LogP contribution in [0.5, 0.6) is 5.75 Å². The number of hydrogen-bond acceptors (Lipinski definition) is 6. The molecule has 1 aliphatic rings. The predicted octanol–water partition coefficient (Wildman–Crippen LogP) is 4.81. The van der Waals surface area contributed by atoms with Gasteiger partial charge in [-0.3, -0.25) is 4.79 Å². The number of thiophene rings is 1. The molecule has 4 rings (SSSR count). The number of ether oxygens (including phenoxy) is 1. The zero-order valence-corrected chi connectivity index (χ0v) is 18.3. The van der Waals surface area contributed by atoms with Gasteiger partial charge in [0.1, 0.15) is 11.9 Å². The number of benzene rings is 1. The number of nitrogens with zero attached hydrogens (tertiary/aromatic N) is 3. The lowest BCUT2D eigenvalue weighted by Gasteiger charge is -2.32. The maximum atomic E-state index is 12.6. The molecule has 1 saturated heterocycles. The van der Waals surface area contributed by atoms with Crippen molar-refractivity contribution in [3.8, 4) is 16.5 Å². The number of carbonyl (C=O) groups excluding carboxylic acids is 1. The van der Waals surface area contributed by atoms with E-state index in [9.17, 15) is 4.79 Å². The molecule has 0 radical (unpaired) electrons. The SMILES string of the molecule is Cc1ccc(C)c(OC2CCN(C(=O)CCCc3nc(-c4cccs4)no3)CC2)c1. The van der Waals surface area contributed by atoms with Crippen LogP contribution in [-0.4, -0.2) is 40.1 Å². The van der Waals surface area contributed by atoms with Crippen LogP contribution in [0.25, 0.3) is 10.7 Å². The first-order chi connectivity index (χ1) is 14.6. The van der Waals surface area contributed by atoms with Crippen LogP contribution >= 0.6 is 11.3 Å². The van der Waals surface area contributed by atoms with Crippen molar-refractivity contribution in [2.75, 3.05) is 13.1 Å². The third-order valence-corrected chi connectivity index (χ3v) is 6.29. The van der Waals surface area contributed by atoms with Gasteiger partial charge in [-0.1, -0.05) is 23.4 Å². The van der Waals surface area contributed by atoms with Gasteiger partial charge in [0.2, 0.25) is 17.6 Å². The van der Waals surface area contributed by atoms with Crippen molar-refractivity contribution in [3.63, 3.8) is 0 Å². The first-order valence-corrected chi connectivity index (χ1v) is 11.3. The Morgan fingerprint density at radius 2 is 2.10 bits per heavy atom. The Balaban J connectivity index is 1.20. The number of hydrogen-bond donors (Lipinski definition) is 0. The van der Waals surface area contributed by atoms with Gasteiger partial charge in [-0.15, -0.1) is 11.3 Å². The van der Waals surface area contributed by atoms with Crippen LogP contribution < -0.4 is 4.74 Å². The highest BCUT2D eigenvalue weighted by atomic mass is 32.1.